The molecule has 0 saturated heterocycles. The quantitative estimate of drug-likeness (QED) is 0.503. The van der Waals surface area contributed by atoms with Gasteiger partial charge in [0, 0.05) is 21.8 Å². The van der Waals surface area contributed by atoms with Crippen LogP contribution in [-0.2, 0) is 5.54 Å². The third-order valence-electron chi connectivity index (χ3n) is 4.39. The molecule has 1 aromatic heterocycles. The summed E-state index contributed by atoms with van der Waals surface area (Å²) in [6.45, 7) is 6.91. The van der Waals surface area contributed by atoms with Gasteiger partial charge in [-0.15, -0.1) is 0 Å². The standard InChI is InChI=1S/C20H19ClN2O2S2/c1-4-25-12-6-7-14-13(10-12)17-18(20(2,3)23-14)26-27-19(17)22-15-9-11(21)5-8-16(15)24/h5-10,23-24H,4H2,1-3H3. The average molecular weight is 419 g/mol. The average Bonchev–Trinajstić information content (AvgIpc) is 3.04. The molecule has 2 aromatic carbocycles. The van der Waals surface area contributed by atoms with Gasteiger partial charge in [-0.2, -0.15) is 0 Å². The summed E-state index contributed by atoms with van der Waals surface area (Å²) in [4.78, 5) is 5.96. The highest BCUT2D eigenvalue weighted by molar-refractivity contribution is 7.68. The number of fused-ring (bicyclic) bond motifs is 3. The number of nitrogens with zero attached hydrogens (tertiary/aromatic N) is 1. The first kappa shape index (κ1) is 18.3. The fourth-order valence-corrected chi connectivity index (χ4v) is 6.27. The number of ether oxygens (including phenoxy) is 1. The zero-order valence-electron chi connectivity index (χ0n) is 15.2. The van der Waals surface area contributed by atoms with Crippen LogP contribution in [0.25, 0.3) is 11.1 Å². The summed E-state index contributed by atoms with van der Waals surface area (Å²) < 4.78 is 6.56. The second-order valence-electron chi connectivity index (χ2n) is 6.81. The minimum absolute atomic E-state index is 0.114. The first-order chi connectivity index (χ1) is 12.9. The van der Waals surface area contributed by atoms with Gasteiger partial charge in [-0.3, -0.25) is 0 Å². The minimum atomic E-state index is -0.208. The molecule has 1 aliphatic rings. The molecular weight excluding hydrogens is 400 g/mol. The first-order valence-electron chi connectivity index (χ1n) is 8.61. The zero-order chi connectivity index (χ0) is 19.2. The van der Waals surface area contributed by atoms with E-state index in [9.17, 15) is 5.11 Å². The molecule has 0 spiro atoms. The van der Waals surface area contributed by atoms with Gasteiger partial charge in [0.1, 0.15) is 21.9 Å². The summed E-state index contributed by atoms with van der Waals surface area (Å²) in [5, 5.41) is 14.3. The maximum atomic E-state index is 10.2. The Bertz CT molecular complexity index is 1090. The molecule has 7 heteroatoms. The number of benzene rings is 2. The Morgan fingerprint density at radius 3 is 2.78 bits per heavy atom. The summed E-state index contributed by atoms with van der Waals surface area (Å²) in [6.07, 6.45) is 0. The Hall–Kier alpha value is -2.02. The summed E-state index contributed by atoms with van der Waals surface area (Å²) in [5.41, 5.74) is 3.46. The van der Waals surface area contributed by atoms with Crippen molar-refractivity contribution < 1.29 is 9.84 Å². The zero-order valence-corrected chi connectivity index (χ0v) is 17.6. The smallest absolute Gasteiger partial charge is 0.141 e. The highest BCUT2D eigenvalue weighted by Gasteiger charge is 2.33. The van der Waals surface area contributed by atoms with Crippen molar-refractivity contribution in [3.63, 3.8) is 0 Å². The molecule has 27 heavy (non-hydrogen) atoms. The Morgan fingerprint density at radius 2 is 2.00 bits per heavy atom. The van der Waals surface area contributed by atoms with Gasteiger partial charge < -0.3 is 15.2 Å². The van der Waals surface area contributed by atoms with Crippen LogP contribution in [0.3, 0.4) is 0 Å². The van der Waals surface area contributed by atoms with Crippen LogP contribution < -0.4 is 14.7 Å². The lowest BCUT2D eigenvalue weighted by Crippen LogP contribution is -2.31. The van der Waals surface area contributed by atoms with Gasteiger partial charge in [0.15, 0.2) is 0 Å². The fourth-order valence-electron chi connectivity index (χ4n) is 3.17. The van der Waals surface area contributed by atoms with Crippen LogP contribution in [0.1, 0.15) is 25.6 Å². The topological polar surface area (TPSA) is 53.9 Å². The molecule has 2 N–H and O–H groups in total. The van der Waals surface area contributed by atoms with Crippen molar-refractivity contribution >= 4 is 43.7 Å². The van der Waals surface area contributed by atoms with Crippen LogP contribution in [0.2, 0.25) is 5.02 Å². The summed E-state index contributed by atoms with van der Waals surface area (Å²) >= 11 is 6.09. The lowest BCUT2D eigenvalue weighted by Gasteiger charge is -2.33. The third-order valence-corrected chi connectivity index (χ3v) is 7.27. The molecule has 0 amide bonds. The number of phenolic OH excluding ortho intramolecular Hbond substituents is 1. The van der Waals surface area contributed by atoms with E-state index in [1.807, 2.05) is 19.1 Å². The van der Waals surface area contributed by atoms with Crippen LogP contribution in [0.5, 0.6) is 11.5 Å². The van der Waals surface area contributed by atoms with Gasteiger partial charge in [0.2, 0.25) is 0 Å². The first-order valence-corrected chi connectivity index (χ1v) is 11.1. The number of anilines is 1. The molecule has 0 atom stereocenters. The van der Waals surface area contributed by atoms with Crippen molar-refractivity contribution in [2.45, 2.75) is 26.3 Å². The summed E-state index contributed by atoms with van der Waals surface area (Å²) in [5.74, 6) is 0.944. The Labute approximate surface area is 170 Å². The highest BCUT2D eigenvalue weighted by Crippen LogP contribution is 2.46. The van der Waals surface area contributed by atoms with Crippen LogP contribution in [0.4, 0.5) is 11.4 Å². The number of hydrogen-bond acceptors (Lipinski definition) is 6. The van der Waals surface area contributed by atoms with E-state index >= 15 is 0 Å². The number of rotatable bonds is 3. The number of phenols is 1. The lowest BCUT2D eigenvalue weighted by molar-refractivity contribution is 0.340. The molecule has 0 aliphatic carbocycles. The van der Waals surface area contributed by atoms with Gasteiger partial charge in [-0.25, -0.2) is 4.99 Å². The summed E-state index contributed by atoms with van der Waals surface area (Å²) in [7, 11) is 3.30. The number of nitrogens with one attached hydrogen (secondary N) is 1. The van der Waals surface area contributed by atoms with Crippen molar-refractivity contribution in [3.8, 4) is 22.6 Å². The lowest BCUT2D eigenvalue weighted by atomic mass is 9.90. The van der Waals surface area contributed by atoms with Gasteiger partial charge in [-0.05, 0) is 57.2 Å². The van der Waals surface area contributed by atoms with E-state index in [0.29, 0.717) is 17.3 Å². The Balaban J connectivity index is 1.97. The molecule has 1 aliphatic heterocycles. The molecule has 2 heterocycles. The van der Waals surface area contributed by atoms with Crippen molar-refractivity contribution in [2.75, 3.05) is 11.9 Å². The second-order valence-corrected chi connectivity index (χ2v) is 9.38. The second kappa shape index (κ2) is 6.86. The van der Waals surface area contributed by atoms with Crippen LogP contribution in [-0.4, -0.2) is 11.7 Å². The largest absolute Gasteiger partial charge is 0.506 e. The van der Waals surface area contributed by atoms with Crippen molar-refractivity contribution in [2.24, 2.45) is 4.99 Å². The van der Waals surface area contributed by atoms with E-state index in [1.165, 1.54) is 4.88 Å². The van der Waals surface area contributed by atoms with E-state index in [4.69, 9.17) is 21.3 Å². The van der Waals surface area contributed by atoms with Crippen molar-refractivity contribution in [3.05, 3.63) is 51.0 Å². The van der Waals surface area contributed by atoms with Crippen molar-refractivity contribution in [1.29, 1.82) is 0 Å². The molecule has 0 unspecified atom stereocenters. The van der Waals surface area contributed by atoms with Gasteiger partial charge in [0.05, 0.1) is 17.0 Å². The van der Waals surface area contributed by atoms with Crippen LogP contribution in [0.15, 0.2) is 41.4 Å². The molecule has 4 nitrogen and oxygen atoms in total. The van der Waals surface area contributed by atoms with Gasteiger partial charge >= 0.3 is 0 Å². The number of halogens is 1. The highest BCUT2D eigenvalue weighted by atomic mass is 35.5. The predicted octanol–water partition coefficient (Wildman–Crippen LogP) is 6.13. The number of aromatic hydroxyl groups is 1. The molecule has 0 radical (unpaired) electrons. The molecule has 4 rings (SSSR count). The molecule has 0 saturated carbocycles. The van der Waals surface area contributed by atoms with E-state index in [2.05, 4.69) is 25.2 Å². The SMILES string of the molecule is CCOc1ccc2c(c1)-c1c(ssc1=Nc1cc(Cl)ccc1O)C(C)(C)N2. The van der Waals surface area contributed by atoms with Crippen LogP contribution >= 0.6 is 32.3 Å². The minimum Gasteiger partial charge on any atom is -0.506 e. The van der Waals surface area contributed by atoms with E-state index in [0.717, 1.165) is 27.2 Å². The van der Waals surface area contributed by atoms with E-state index < -0.39 is 0 Å². The fraction of sp³-hybridized carbons (Fsp3) is 0.250. The third kappa shape index (κ3) is 3.33. The Morgan fingerprint density at radius 1 is 1.19 bits per heavy atom. The molecule has 140 valence electrons. The van der Waals surface area contributed by atoms with Gasteiger partial charge in [0.25, 0.3) is 0 Å². The molecule has 3 aromatic rings. The van der Waals surface area contributed by atoms with E-state index in [1.54, 1.807) is 38.9 Å². The van der Waals surface area contributed by atoms with Crippen molar-refractivity contribution in [1.82, 2.24) is 0 Å². The molecular formula is C20H19ClN2O2S2. The molecule has 0 fully saturated rings. The monoisotopic (exact) mass is 418 g/mol. The van der Waals surface area contributed by atoms with Crippen LogP contribution in [0, 0.1) is 0 Å². The van der Waals surface area contributed by atoms with Gasteiger partial charge in [-0.1, -0.05) is 32.3 Å². The maximum Gasteiger partial charge on any atom is 0.141 e. The Kier molecular flexibility index (Phi) is 4.66. The summed E-state index contributed by atoms with van der Waals surface area (Å²) in [6, 6.07) is 11.0. The van der Waals surface area contributed by atoms with E-state index in [-0.39, 0.29) is 11.3 Å². The maximum absolute atomic E-state index is 10.2. The molecule has 0 bridgehead atoms. The normalized spacial score (nSPS) is 15.0. The predicted molar refractivity (Wildman–Crippen MR) is 114 cm³/mol. The number of hydrogen-bond donors (Lipinski definition) is 2.